The molecule has 1 rings (SSSR count). The van der Waals surface area contributed by atoms with E-state index in [1.807, 2.05) is 0 Å². The quantitative estimate of drug-likeness (QED) is 0.838. The Morgan fingerprint density at radius 3 is 2.60 bits per heavy atom. The van der Waals surface area contributed by atoms with Gasteiger partial charge in [0.1, 0.15) is 6.61 Å². The van der Waals surface area contributed by atoms with E-state index in [1.54, 1.807) is 19.1 Å². The van der Waals surface area contributed by atoms with Crippen LogP contribution in [0.3, 0.4) is 0 Å². The number of aliphatic hydroxyl groups excluding tert-OH is 1. The molecule has 0 bridgehead atoms. The Kier molecular flexibility index (Phi) is 5.49. The number of hydrogen-bond donors (Lipinski definition) is 2. The fraction of sp³-hybridized carbons (Fsp3) is 0.417. The maximum atomic E-state index is 12.1. The van der Waals surface area contributed by atoms with Crippen LogP contribution in [0.5, 0.6) is 0 Å². The van der Waals surface area contributed by atoms with Gasteiger partial charge in [-0.25, -0.2) is 17.5 Å². The van der Waals surface area contributed by atoms with Crippen LogP contribution in [0, 0.1) is 6.92 Å². The molecule has 1 amide bonds. The number of sulfonamides is 1. The maximum Gasteiger partial charge on any atom is 0.411 e. The van der Waals surface area contributed by atoms with Crippen LogP contribution in [0.1, 0.15) is 5.56 Å². The van der Waals surface area contributed by atoms with Crippen molar-refractivity contribution in [2.45, 2.75) is 11.8 Å². The predicted molar refractivity (Wildman–Crippen MR) is 74.1 cm³/mol. The minimum absolute atomic E-state index is 0.113. The van der Waals surface area contributed by atoms with Crippen molar-refractivity contribution in [2.75, 3.05) is 32.6 Å². The highest BCUT2D eigenvalue weighted by Gasteiger charge is 2.20. The first kappa shape index (κ1) is 16.4. The summed E-state index contributed by atoms with van der Waals surface area (Å²) in [4.78, 5) is 11.5. The Bertz CT molecular complexity index is 584. The van der Waals surface area contributed by atoms with Crippen LogP contribution in [-0.2, 0) is 14.8 Å². The van der Waals surface area contributed by atoms with Crippen molar-refractivity contribution in [1.82, 2.24) is 4.31 Å². The molecule has 0 aliphatic heterocycles. The van der Waals surface area contributed by atoms with Crippen LogP contribution in [0.25, 0.3) is 0 Å². The number of carbonyl (C=O) groups is 1. The van der Waals surface area contributed by atoms with Crippen molar-refractivity contribution >= 4 is 21.8 Å². The van der Waals surface area contributed by atoms with E-state index in [2.05, 4.69) is 10.1 Å². The Hall–Kier alpha value is -1.64. The Morgan fingerprint density at radius 2 is 2.05 bits per heavy atom. The Labute approximate surface area is 118 Å². The largest absolute Gasteiger partial charge is 0.447 e. The summed E-state index contributed by atoms with van der Waals surface area (Å²) < 4.78 is 30.0. The van der Waals surface area contributed by atoms with Gasteiger partial charge in [0.2, 0.25) is 10.0 Å². The molecule has 0 aromatic heterocycles. The number of nitrogens with zero attached hydrogens (tertiary/aromatic N) is 1. The lowest BCUT2D eigenvalue weighted by atomic mass is 10.2. The number of ether oxygens (including phenoxy) is 1. The molecule has 0 aliphatic rings. The number of aliphatic hydroxyl groups is 1. The number of anilines is 1. The number of rotatable bonds is 5. The molecule has 0 heterocycles. The molecule has 0 saturated heterocycles. The monoisotopic (exact) mass is 302 g/mol. The molecule has 20 heavy (non-hydrogen) atoms. The summed E-state index contributed by atoms with van der Waals surface area (Å²) in [6, 6.07) is 4.53. The van der Waals surface area contributed by atoms with E-state index >= 15 is 0 Å². The van der Waals surface area contributed by atoms with Crippen molar-refractivity contribution < 1.29 is 23.1 Å². The molecular weight excluding hydrogens is 284 g/mol. The third-order valence-corrected chi connectivity index (χ3v) is 4.47. The first-order chi connectivity index (χ1) is 9.28. The highest BCUT2D eigenvalue weighted by atomic mass is 32.2. The number of hydrogen-bond acceptors (Lipinski definition) is 5. The summed E-state index contributed by atoms with van der Waals surface area (Å²) in [6.07, 6.45) is -0.754. The summed E-state index contributed by atoms with van der Waals surface area (Å²) in [5.41, 5.74) is 0.881. The highest BCUT2D eigenvalue weighted by Crippen LogP contribution is 2.22. The van der Waals surface area contributed by atoms with Gasteiger partial charge in [-0.2, -0.15) is 0 Å². The molecule has 0 radical (unpaired) electrons. The summed E-state index contributed by atoms with van der Waals surface area (Å²) in [5, 5.41) is 10.9. The van der Waals surface area contributed by atoms with E-state index in [4.69, 9.17) is 5.11 Å². The zero-order chi connectivity index (χ0) is 15.3. The van der Waals surface area contributed by atoms with Crippen LogP contribution >= 0.6 is 0 Å². The van der Waals surface area contributed by atoms with Crippen LogP contribution in [0.2, 0.25) is 0 Å². The molecule has 7 nitrogen and oxygen atoms in total. The van der Waals surface area contributed by atoms with E-state index in [1.165, 1.54) is 20.2 Å². The molecule has 0 saturated carbocycles. The van der Waals surface area contributed by atoms with Gasteiger partial charge in [0.05, 0.1) is 11.5 Å². The van der Waals surface area contributed by atoms with Gasteiger partial charge in [-0.05, 0) is 24.6 Å². The maximum absolute atomic E-state index is 12.1. The number of nitrogens with one attached hydrogen (secondary N) is 1. The summed E-state index contributed by atoms with van der Waals surface area (Å²) in [5.74, 6) is 0. The van der Waals surface area contributed by atoms with Gasteiger partial charge in [0.15, 0.2) is 0 Å². The first-order valence-corrected chi connectivity index (χ1v) is 7.31. The summed E-state index contributed by atoms with van der Waals surface area (Å²) >= 11 is 0. The summed E-state index contributed by atoms with van der Waals surface area (Å²) in [7, 11) is -0.712. The number of aryl methyl sites for hydroxylation is 1. The second-order valence-electron chi connectivity index (χ2n) is 4.25. The Balaban J connectivity index is 3.01. The fourth-order valence-corrected chi connectivity index (χ4v) is 2.59. The van der Waals surface area contributed by atoms with Gasteiger partial charge in [0.25, 0.3) is 0 Å². The lowest BCUT2D eigenvalue weighted by Gasteiger charge is -2.15. The fourth-order valence-electron chi connectivity index (χ4n) is 1.44. The molecule has 0 atom stereocenters. The Morgan fingerprint density at radius 1 is 1.40 bits per heavy atom. The van der Waals surface area contributed by atoms with Crippen molar-refractivity contribution in [3.63, 3.8) is 0 Å². The third kappa shape index (κ3) is 3.92. The summed E-state index contributed by atoms with van der Waals surface area (Å²) in [6.45, 7) is 1.27. The molecule has 0 aliphatic carbocycles. The van der Waals surface area contributed by atoms with Crippen molar-refractivity contribution in [3.05, 3.63) is 23.8 Å². The van der Waals surface area contributed by atoms with E-state index in [0.29, 0.717) is 11.3 Å². The number of amides is 1. The molecule has 2 N–H and O–H groups in total. The predicted octanol–water partition coefficient (Wildman–Crippen LogP) is 0.786. The number of benzene rings is 1. The van der Waals surface area contributed by atoms with Crippen LogP contribution in [0.4, 0.5) is 10.5 Å². The molecular formula is C12H18N2O5S. The van der Waals surface area contributed by atoms with Crippen LogP contribution < -0.4 is 5.32 Å². The van der Waals surface area contributed by atoms with Gasteiger partial charge in [-0.1, -0.05) is 6.07 Å². The van der Waals surface area contributed by atoms with Gasteiger partial charge >= 0.3 is 6.09 Å². The van der Waals surface area contributed by atoms with Gasteiger partial charge in [-0.3, -0.25) is 5.32 Å². The van der Waals surface area contributed by atoms with E-state index < -0.39 is 16.1 Å². The van der Waals surface area contributed by atoms with Crippen LogP contribution in [-0.4, -0.2) is 51.2 Å². The number of carbonyl (C=O) groups excluding carboxylic acids is 1. The average Bonchev–Trinajstić information content (AvgIpc) is 2.38. The topological polar surface area (TPSA) is 95.9 Å². The van der Waals surface area contributed by atoms with Gasteiger partial charge in [-0.15, -0.1) is 0 Å². The molecule has 0 spiro atoms. The van der Waals surface area contributed by atoms with Gasteiger partial charge in [0, 0.05) is 19.8 Å². The molecule has 0 unspecified atom stereocenters. The van der Waals surface area contributed by atoms with Gasteiger partial charge < -0.3 is 9.84 Å². The average molecular weight is 302 g/mol. The molecule has 1 aromatic carbocycles. The minimum Gasteiger partial charge on any atom is -0.447 e. The molecule has 112 valence electrons. The zero-order valence-corrected chi connectivity index (χ0v) is 12.4. The van der Waals surface area contributed by atoms with E-state index in [-0.39, 0.29) is 18.1 Å². The first-order valence-electron chi connectivity index (χ1n) is 5.87. The second kappa shape index (κ2) is 6.69. The van der Waals surface area contributed by atoms with E-state index in [9.17, 15) is 13.2 Å². The van der Waals surface area contributed by atoms with Crippen molar-refractivity contribution in [3.8, 4) is 0 Å². The molecule has 8 heteroatoms. The normalized spacial score (nSPS) is 11.4. The molecule has 1 aromatic rings. The van der Waals surface area contributed by atoms with Crippen LogP contribution in [0.15, 0.2) is 23.1 Å². The van der Waals surface area contributed by atoms with Crippen molar-refractivity contribution in [1.29, 1.82) is 0 Å². The lowest BCUT2D eigenvalue weighted by molar-refractivity contribution is 0.131. The zero-order valence-electron chi connectivity index (χ0n) is 11.6. The minimum atomic E-state index is -3.58. The highest BCUT2D eigenvalue weighted by molar-refractivity contribution is 7.89. The smallest absolute Gasteiger partial charge is 0.411 e. The SMILES string of the molecule is Cc1ccc(NC(=O)OCCO)cc1S(=O)(=O)N(C)C. The van der Waals surface area contributed by atoms with E-state index in [0.717, 1.165) is 4.31 Å². The molecule has 0 fully saturated rings. The standard InChI is InChI=1S/C12H18N2O5S/c1-9-4-5-10(13-12(16)19-7-6-15)8-11(9)20(17,18)14(2)3/h4-5,8,15H,6-7H2,1-3H3,(H,13,16). The third-order valence-electron chi connectivity index (χ3n) is 2.52. The lowest BCUT2D eigenvalue weighted by Crippen LogP contribution is -2.23. The second-order valence-corrected chi connectivity index (χ2v) is 6.37. The van der Waals surface area contributed by atoms with Crippen molar-refractivity contribution in [2.24, 2.45) is 0 Å².